The number of ether oxygens (including phenoxy) is 6. The summed E-state index contributed by atoms with van der Waals surface area (Å²) in [5.41, 5.74) is -2.13. The number of carbonyl (C=O) groups excluding carboxylic acids is 4. The number of fused-ring (bicyclic) bond motifs is 3. The molecule has 4 saturated carbocycles. The minimum absolute atomic E-state index is 0.0143. The Bertz CT molecular complexity index is 3790. The summed E-state index contributed by atoms with van der Waals surface area (Å²) in [6, 6.07) is 15.8. The lowest BCUT2D eigenvalue weighted by Gasteiger charge is -2.35. The smallest absolute Gasteiger partial charge is 0.408 e. The summed E-state index contributed by atoms with van der Waals surface area (Å²) >= 11 is 0. The number of benzene rings is 2. The lowest BCUT2D eigenvalue weighted by molar-refractivity contribution is -0.143. The van der Waals surface area contributed by atoms with E-state index in [1.54, 1.807) is 79.3 Å². The van der Waals surface area contributed by atoms with Crippen LogP contribution in [-0.4, -0.2) is 161 Å². The van der Waals surface area contributed by atoms with Crippen LogP contribution in [0.4, 0.5) is 16.4 Å². The number of anilines is 2. The van der Waals surface area contributed by atoms with Crippen LogP contribution >= 0.6 is 0 Å². The van der Waals surface area contributed by atoms with Gasteiger partial charge in [0.2, 0.25) is 11.8 Å². The van der Waals surface area contributed by atoms with Gasteiger partial charge in [0, 0.05) is 92.3 Å². The Kier molecular flexibility index (Phi) is 19.6. The van der Waals surface area contributed by atoms with E-state index in [4.69, 9.17) is 37.6 Å². The number of amides is 4. The topological polar surface area (TPSA) is 312 Å². The van der Waals surface area contributed by atoms with E-state index in [0.29, 0.717) is 114 Å². The van der Waals surface area contributed by atoms with Crippen LogP contribution < -0.4 is 45.6 Å². The van der Waals surface area contributed by atoms with Crippen LogP contribution in [0.15, 0.2) is 77.9 Å². The highest BCUT2D eigenvalue weighted by Gasteiger charge is 2.62. The molecule has 91 heavy (non-hydrogen) atoms. The molecule has 27 heteroatoms. The highest BCUT2D eigenvalue weighted by Crippen LogP contribution is 2.53. The maximum absolute atomic E-state index is 15.0. The highest BCUT2D eigenvalue weighted by molar-refractivity contribution is 7.85. The van der Waals surface area contributed by atoms with Crippen LogP contribution in [0, 0.1) is 23.2 Å². The van der Waals surface area contributed by atoms with Gasteiger partial charge in [-0.05, 0) is 121 Å². The maximum Gasteiger partial charge on any atom is 0.408 e. The fraction of sp³-hybridized carbons (Fsp3) is 0.562. The molecule has 4 amide bonds. The number of H-pyrrole nitrogens is 1. The largest absolute Gasteiger partial charge is 0.491 e. The molecule has 26 nitrogen and oxygen atoms in total. The van der Waals surface area contributed by atoms with Crippen molar-refractivity contribution in [2.45, 2.75) is 161 Å². The fourth-order valence-corrected chi connectivity index (χ4v) is 13.0. The minimum atomic E-state index is -4.49. The van der Waals surface area contributed by atoms with Gasteiger partial charge in [0.1, 0.15) is 77.7 Å². The van der Waals surface area contributed by atoms with E-state index >= 15 is 0 Å². The van der Waals surface area contributed by atoms with E-state index in [1.807, 2.05) is 84.4 Å². The SMILES string of the molecule is CC[C@@H]1C[C@]1(NC(=O)[C@@H]1C[C@@H](Oc2cc(-n3ccc(NC(C)C)n3)nc3cc(OCCOC)ccc23)CN1C(=O)[C@@H](NC(=O)OC1C[C@@H]2C[C@@H]2C1)C(C)(C)C)C(=O)NS(=O)(=O)OC1(C)CC1.COCCOc1ccc2c(=O)cc(-n3ccc(NC(C)C)n3)[nH]c2c1. The molecule has 1 saturated heterocycles. The number of aromatic amines is 1. The first kappa shape index (κ1) is 65.9. The number of nitrogens with one attached hydrogen (secondary N) is 6. The molecule has 2 aromatic carbocycles. The predicted molar refractivity (Wildman–Crippen MR) is 340 cm³/mol. The molecule has 5 aliphatic rings. The number of methoxy groups -OCH3 is 2. The molecule has 4 aliphatic carbocycles. The van der Waals surface area contributed by atoms with Crippen LogP contribution in [0.5, 0.6) is 17.2 Å². The number of likely N-dealkylation sites (tertiary alicyclic amines) is 1. The summed E-state index contributed by atoms with van der Waals surface area (Å²) in [6.07, 6.45) is 6.29. The first-order chi connectivity index (χ1) is 43.2. The molecule has 1 aliphatic heterocycles. The van der Waals surface area contributed by atoms with E-state index < -0.39 is 68.9 Å². The van der Waals surface area contributed by atoms with Crippen molar-refractivity contribution in [2.24, 2.45) is 23.2 Å². The van der Waals surface area contributed by atoms with Gasteiger partial charge >= 0.3 is 16.4 Å². The van der Waals surface area contributed by atoms with Gasteiger partial charge in [0.25, 0.3) is 5.91 Å². The molecule has 8 atom stereocenters. The van der Waals surface area contributed by atoms with Gasteiger partial charge in [-0.15, -0.1) is 10.2 Å². The van der Waals surface area contributed by atoms with Crippen LogP contribution in [0.2, 0.25) is 0 Å². The number of nitrogens with zero attached hydrogens (tertiary/aromatic N) is 6. The van der Waals surface area contributed by atoms with E-state index in [2.05, 4.69) is 36.4 Å². The Labute approximate surface area is 529 Å². The van der Waals surface area contributed by atoms with Crippen molar-refractivity contribution < 1.29 is 60.2 Å². The predicted octanol–water partition coefficient (Wildman–Crippen LogP) is 7.33. The van der Waals surface area contributed by atoms with Crippen molar-refractivity contribution >= 4 is 67.6 Å². The first-order valence-corrected chi connectivity index (χ1v) is 32.7. The van der Waals surface area contributed by atoms with Crippen molar-refractivity contribution in [2.75, 3.05) is 57.8 Å². The maximum atomic E-state index is 15.0. The molecule has 1 unspecified atom stereocenters. The molecule has 5 heterocycles. The third kappa shape index (κ3) is 16.2. The lowest BCUT2D eigenvalue weighted by Crippen LogP contribution is -2.60. The third-order valence-corrected chi connectivity index (χ3v) is 18.0. The van der Waals surface area contributed by atoms with Crippen molar-refractivity contribution in [3.8, 4) is 28.9 Å². The molecule has 6 aromatic rings. The standard InChI is InChI=1S/C46H64N8O11S.C18H22N4O3/c1-9-29-24-46(29,42(57)52-66(59,60)65-45(7)13-14-45)50-40(55)35-22-32(25-53(35)41(56)39(44(4,5)6)49-43(58)64-31-19-27-18-28(27)20-31)63-36-23-38(54-15-12-37(51-54)47-26(2)3)48-34-21-30(10-11-33(34)36)62-17-16-61-8;1-12(2)19-17-6-7-22(21-17)18-11-16(23)14-5-4-13(10-15(14)20-18)25-9-8-24-3/h10-12,15,21,23,26-29,31-32,35,39H,9,13-14,16-20,22,24-25H2,1-8H3,(H,47,51)(H,49,58)(H,50,55)(H,52,57);4-7,10-12H,8-9H2,1-3H3,(H,19,21)(H,20,23)/t27-,28+,29-,31?,32-,35+,39-,46-;/m1./s1. The zero-order valence-corrected chi connectivity index (χ0v) is 54.4. The van der Waals surface area contributed by atoms with Crippen molar-refractivity contribution in [1.82, 2.24) is 49.8 Å². The summed E-state index contributed by atoms with van der Waals surface area (Å²) in [5.74, 6) is 2.70. The highest BCUT2D eigenvalue weighted by atomic mass is 32.2. The zero-order chi connectivity index (χ0) is 65.2. The number of carbonyl (C=O) groups is 4. The molecule has 11 rings (SSSR count). The summed E-state index contributed by atoms with van der Waals surface area (Å²) in [4.78, 5) is 78.9. The van der Waals surface area contributed by atoms with Crippen molar-refractivity contribution in [1.29, 1.82) is 0 Å². The lowest BCUT2D eigenvalue weighted by atomic mass is 9.85. The van der Waals surface area contributed by atoms with Gasteiger partial charge in [0.05, 0.1) is 36.4 Å². The van der Waals surface area contributed by atoms with Crippen LogP contribution in [0.1, 0.15) is 114 Å². The number of alkyl carbamates (subject to hydrolysis) is 1. The van der Waals surface area contributed by atoms with E-state index in [0.717, 1.165) is 25.1 Å². The Balaban J connectivity index is 0.000000303. The van der Waals surface area contributed by atoms with Crippen molar-refractivity contribution in [3.63, 3.8) is 0 Å². The van der Waals surface area contributed by atoms with Crippen LogP contribution in [-0.2, 0) is 43.1 Å². The Hall–Kier alpha value is -8.01. The quantitative estimate of drug-likeness (QED) is 0.0290. The number of hydrogen-bond acceptors (Lipinski definition) is 19. The molecule has 6 N–H and O–H groups in total. The average Bonchev–Trinajstić information content (AvgIpc) is 1.59. The van der Waals surface area contributed by atoms with E-state index in [9.17, 15) is 32.4 Å². The second-order valence-corrected chi connectivity index (χ2v) is 27.6. The Morgan fingerprint density at radius 1 is 0.780 bits per heavy atom. The Morgan fingerprint density at radius 3 is 2.01 bits per heavy atom. The number of pyridine rings is 2. The summed E-state index contributed by atoms with van der Waals surface area (Å²) < 4.78 is 70.8. The van der Waals surface area contributed by atoms with Gasteiger partial charge in [-0.25, -0.2) is 28.0 Å². The average molecular weight is 1280 g/mol. The first-order valence-electron chi connectivity index (χ1n) is 31.3. The summed E-state index contributed by atoms with van der Waals surface area (Å²) in [6.45, 7) is 18.6. The van der Waals surface area contributed by atoms with Crippen molar-refractivity contribution in [3.05, 3.63) is 83.3 Å². The molecule has 4 aromatic heterocycles. The summed E-state index contributed by atoms with van der Waals surface area (Å²) in [5, 5.41) is 22.6. The Morgan fingerprint density at radius 2 is 1.41 bits per heavy atom. The van der Waals surface area contributed by atoms with Crippen LogP contribution in [0.25, 0.3) is 33.4 Å². The van der Waals surface area contributed by atoms with Gasteiger partial charge in [-0.3, -0.25) is 19.2 Å². The van der Waals surface area contributed by atoms with Crippen LogP contribution in [0.3, 0.4) is 0 Å². The molecule has 5 fully saturated rings. The molecule has 0 bridgehead atoms. The summed E-state index contributed by atoms with van der Waals surface area (Å²) in [7, 11) is -1.28. The minimum Gasteiger partial charge on any atom is -0.491 e. The van der Waals surface area contributed by atoms with E-state index in [1.165, 1.54) is 4.90 Å². The van der Waals surface area contributed by atoms with Gasteiger partial charge < -0.3 is 59.6 Å². The normalized spacial score (nSPS) is 22.4. The molecule has 0 spiro atoms. The van der Waals surface area contributed by atoms with Gasteiger partial charge in [0.15, 0.2) is 11.2 Å². The number of aromatic nitrogens is 6. The second-order valence-electron chi connectivity index (χ2n) is 26.3. The molecular formula is C64H86N12O14S. The second kappa shape index (κ2) is 27.1. The number of hydrogen-bond donors (Lipinski definition) is 6. The van der Waals surface area contributed by atoms with Gasteiger partial charge in [-0.2, -0.15) is 8.42 Å². The molecule has 0 radical (unpaired) electrons. The zero-order valence-electron chi connectivity index (χ0n) is 53.6. The van der Waals surface area contributed by atoms with Gasteiger partial charge in [-0.1, -0.05) is 34.1 Å². The third-order valence-electron chi connectivity index (χ3n) is 17.0. The fourth-order valence-electron chi connectivity index (χ4n) is 11.8. The number of rotatable bonds is 26. The van der Waals surface area contributed by atoms with E-state index in [-0.39, 0.29) is 48.9 Å². The molecular weight excluding hydrogens is 1190 g/mol. The molecule has 492 valence electrons. The monoisotopic (exact) mass is 1280 g/mol.